The van der Waals surface area contributed by atoms with E-state index < -0.39 is 0 Å². The molecule has 6 nitrogen and oxygen atoms in total. The molecule has 250 valence electrons. The van der Waals surface area contributed by atoms with E-state index in [0.29, 0.717) is 28.9 Å². The molecule has 8 aromatic rings. The van der Waals surface area contributed by atoms with Crippen LogP contribution >= 0.6 is 12.8 Å². The van der Waals surface area contributed by atoms with Crippen LogP contribution in [0.4, 0.5) is 0 Å². The number of benzene rings is 6. The van der Waals surface area contributed by atoms with Crippen LogP contribution in [0.25, 0.3) is 84.7 Å². The van der Waals surface area contributed by atoms with Crippen molar-refractivity contribution in [2.45, 2.75) is 0 Å². The Morgan fingerprint density at radius 1 is 0.434 bits per heavy atom. The summed E-state index contributed by atoms with van der Waals surface area (Å²) in [4.78, 5) is 20.0. The minimum atomic E-state index is 0.339. The predicted molar refractivity (Wildman–Crippen MR) is 220 cm³/mol. The van der Waals surface area contributed by atoms with Crippen molar-refractivity contribution in [1.82, 2.24) is 19.9 Å². The summed E-state index contributed by atoms with van der Waals surface area (Å²) >= 11 is 4.11. The van der Waals surface area contributed by atoms with Gasteiger partial charge in [0.15, 0.2) is 17.5 Å². The molecule has 0 radical (unpaired) electrons. The van der Waals surface area contributed by atoms with Crippen molar-refractivity contribution in [3.8, 4) is 67.7 Å². The van der Waals surface area contributed by atoms with Gasteiger partial charge in [0.1, 0.15) is 0 Å². The second kappa shape index (κ2) is 13.7. The second-order valence-corrected chi connectivity index (χ2v) is 12.9. The number of nitrogens with zero attached hydrogens (tertiary/aromatic N) is 5. The third-order valence-electron chi connectivity index (χ3n) is 9.46. The Morgan fingerprint density at radius 3 is 1.55 bits per heavy atom. The van der Waals surface area contributed by atoms with Crippen LogP contribution < -0.4 is 0 Å². The molecule has 0 aliphatic heterocycles. The molecule has 0 fully saturated rings. The Labute approximate surface area is 312 Å². The molecule has 0 atom stereocenters. The molecule has 0 saturated heterocycles. The van der Waals surface area contributed by atoms with Gasteiger partial charge in [-0.15, -0.1) is 0 Å². The maximum atomic E-state index is 8.90. The monoisotopic (exact) mass is 698 g/mol. The number of hydrogen-bond donors (Lipinski definition) is 2. The lowest BCUT2D eigenvalue weighted by molar-refractivity contribution is 1.07. The average molecular weight is 699 g/mol. The number of thiol groups is 1. The number of hydrogen-bond acceptors (Lipinski definition) is 7. The Bertz CT molecular complexity index is 2740. The third-order valence-corrected chi connectivity index (χ3v) is 9.68. The molecule has 1 aliphatic carbocycles. The summed E-state index contributed by atoms with van der Waals surface area (Å²) in [7, 11) is 0. The molecule has 2 aromatic heterocycles. The fourth-order valence-electron chi connectivity index (χ4n) is 6.81. The van der Waals surface area contributed by atoms with E-state index >= 15 is 0 Å². The number of rotatable bonds is 6. The van der Waals surface area contributed by atoms with Gasteiger partial charge in [0, 0.05) is 38.8 Å². The van der Waals surface area contributed by atoms with Crippen LogP contribution in [0.5, 0.6) is 0 Å². The minimum Gasteiger partial charge on any atom is -0.298 e. The average Bonchev–Trinajstić information content (AvgIpc) is 3.24. The highest BCUT2D eigenvalue weighted by atomic mass is 32.1. The summed E-state index contributed by atoms with van der Waals surface area (Å²) in [6, 6.07) is 53.3. The van der Waals surface area contributed by atoms with E-state index in [1.807, 2.05) is 109 Å². The van der Waals surface area contributed by atoms with Crippen molar-refractivity contribution in [2.75, 3.05) is 0 Å². The van der Waals surface area contributed by atoms with E-state index in [9.17, 15) is 0 Å². The van der Waals surface area contributed by atoms with Crippen molar-refractivity contribution in [3.05, 3.63) is 175 Å². The van der Waals surface area contributed by atoms with Gasteiger partial charge in [-0.05, 0) is 65.4 Å². The molecule has 53 heavy (non-hydrogen) atoms. The minimum absolute atomic E-state index is 0.339. The fraction of sp³-hybridized carbons (Fsp3) is 0. The van der Waals surface area contributed by atoms with Gasteiger partial charge in [-0.3, -0.25) is 5.41 Å². The second-order valence-electron chi connectivity index (χ2n) is 12.7. The first kappa shape index (κ1) is 32.1. The standard InChI is InChI=1S/C46H30N6S/c47-42-40(52-53)26-25-38-41(42)37-19-7-8-20-39(37)48-43(38)31-23-21-30(22-24-31)34-16-10-18-36(28-34)46-50-44(32-13-5-2-6-14-32)49-45(51-46)35-17-9-15-33(27-35)29-11-3-1-4-12-29/h1-28,47,53H/b47-42?,52-40-. The number of allylic oxidation sites excluding steroid dienone is 1. The topological polar surface area (TPSA) is 87.8 Å². The van der Waals surface area contributed by atoms with Crippen molar-refractivity contribution in [2.24, 2.45) is 4.40 Å². The number of para-hydroxylation sites is 1. The lowest BCUT2D eigenvalue weighted by Gasteiger charge is -2.19. The molecular weight excluding hydrogens is 669 g/mol. The Kier molecular flexibility index (Phi) is 8.31. The van der Waals surface area contributed by atoms with Gasteiger partial charge in [-0.2, -0.15) is 0 Å². The summed E-state index contributed by atoms with van der Waals surface area (Å²) in [5, 5.41) is 9.82. The van der Waals surface area contributed by atoms with Gasteiger partial charge in [0.05, 0.1) is 22.6 Å². The molecule has 9 rings (SSSR count). The quantitative estimate of drug-likeness (QED) is 0.169. The zero-order valence-corrected chi connectivity index (χ0v) is 29.2. The van der Waals surface area contributed by atoms with Gasteiger partial charge < -0.3 is 0 Å². The maximum Gasteiger partial charge on any atom is 0.164 e. The number of pyridine rings is 1. The lowest BCUT2D eigenvalue weighted by Crippen LogP contribution is -2.18. The SMILES string of the molecule is N=C1/C(=N\S)C=Cc2c(-c3ccc(-c4cccc(-c5nc(-c6ccccc6)nc(-c6cccc(-c7ccccc7)c6)n5)c4)cc3)nc3ccccc3c21. The highest BCUT2D eigenvalue weighted by Crippen LogP contribution is 2.36. The molecule has 1 N–H and O–H groups in total. The normalized spacial score (nSPS) is 13.0. The van der Waals surface area contributed by atoms with Gasteiger partial charge in [0.25, 0.3) is 0 Å². The Morgan fingerprint density at radius 2 is 0.925 bits per heavy atom. The number of nitrogens with one attached hydrogen (secondary N) is 1. The summed E-state index contributed by atoms with van der Waals surface area (Å²) in [5.41, 5.74) is 12.2. The van der Waals surface area contributed by atoms with E-state index in [2.05, 4.69) is 77.9 Å². The third kappa shape index (κ3) is 6.13. The molecule has 2 heterocycles. The summed E-state index contributed by atoms with van der Waals surface area (Å²) in [6.45, 7) is 0. The molecule has 0 bridgehead atoms. The molecule has 1 aliphatic rings. The predicted octanol–water partition coefficient (Wildman–Crippen LogP) is 11.1. The molecule has 7 heteroatoms. The number of aromatic nitrogens is 4. The maximum absolute atomic E-state index is 8.90. The van der Waals surface area contributed by atoms with Crippen LogP contribution in [0, 0.1) is 5.41 Å². The van der Waals surface area contributed by atoms with E-state index in [-0.39, 0.29) is 0 Å². The van der Waals surface area contributed by atoms with Gasteiger partial charge in [0.2, 0.25) is 0 Å². The lowest BCUT2D eigenvalue weighted by atomic mass is 9.88. The molecule has 0 amide bonds. The van der Waals surface area contributed by atoms with E-state index in [1.54, 1.807) is 0 Å². The van der Waals surface area contributed by atoms with E-state index in [4.69, 9.17) is 25.3 Å². The number of fused-ring (bicyclic) bond motifs is 3. The van der Waals surface area contributed by atoms with Crippen molar-refractivity contribution in [3.63, 3.8) is 0 Å². The van der Waals surface area contributed by atoms with Crippen molar-refractivity contribution >= 4 is 41.2 Å². The van der Waals surface area contributed by atoms with Crippen molar-refractivity contribution < 1.29 is 0 Å². The Hall–Kier alpha value is -6.83. The van der Waals surface area contributed by atoms with Crippen LogP contribution in [-0.4, -0.2) is 31.4 Å². The van der Waals surface area contributed by atoms with E-state index in [1.165, 1.54) is 0 Å². The van der Waals surface area contributed by atoms with Crippen LogP contribution in [-0.2, 0) is 0 Å². The largest absolute Gasteiger partial charge is 0.298 e. The first-order chi connectivity index (χ1) is 26.1. The van der Waals surface area contributed by atoms with Gasteiger partial charge in [-0.25, -0.2) is 24.3 Å². The van der Waals surface area contributed by atoms with Gasteiger partial charge in [-0.1, -0.05) is 140 Å². The fourth-order valence-corrected chi connectivity index (χ4v) is 6.98. The molecular formula is C46H30N6S. The van der Waals surface area contributed by atoms with Gasteiger partial charge >= 0.3 is 0 Å². The first-order valence-corrected chi connectivity index (χ1v) is 17.6. The first-order valence-electron chi connectivity index (χ1n) is 17.2. The molecule has 0 saturated carbocycles. The van der Waals surface area contributed by atoms with E-state index in [0.717, 1.165) is 72.2 Å². The molecule has 0 spiro atoms. The molecule has 0 unspecified atom stereocenters. The zero-order valence-electron chi connectivity index (χ0n) is 28.3. The summed E-state index contributed by atoms with van der Waals surface area (Å²) in [6.07, 6.45) is 3.81. The summed E-state index contributed by atoms with van der Waals surface area (Å²) < 4.78 is 4.03. The van der Waals surface area contributed by atoms with Crippen molar-refractivity contribution in [1.29, 1.82) is 5.41 Å². The van der Waals surface area contributed by atoms with Crippen LogP contribution in [0.15, 0.2) is 168 Å². The molecule has 6 aromatic carbocycles. The zero-order chi connectivity index (χ0) is 35.7. The highest BCUT2D eigenvalue weighted by molar-refractivity contribution is 7.79. The van der Waals surface area contributed by atoms with Crippen LogP contribution in [0.2, 0.25) is 0 Å². The van der Waals surface area contributed by atoms with Crippen LogP contribution in [0.3, 0.4) is 0 Å². The Balaban J connectivity index is 1.10. The van der Waals surface area contributed by atoms with Crippen LogP contribution in [0.1, 0.15) is 11.1 Å². The smallest absolute Gasteiger partial charge is 0.164 e. The highest BCUT2D eigenvalue weighted by Gasteiger charge is 2.23. The summed E-state index contributed by atoms with van der Waals surface area (Å²) in [5.74, 6) is 1.83.